The Labute approximate surface area is 168 Å². The Morgan fingerprint density at radius 3 is 2.52 bits per heavy atom. The first kappa shape index (κ1) is 20.2. The molecule has 2 aromatic carbocycles. The van der Waals surface area contributed by atoms with Gasteiger partial charge in [0.2, 0.25) is 11.7 Å². The zero-order valence-electron chi connectivity index (χ0n) is 16.4. The van der Waals surface area contributed by atoms with E-state index in [9.17, 15) is 9.59 Å². The Morgan fingerprint density at radius 1 is 1.10 bits per heavy atom. The van der Waals surface area contributed by atoms with Crippen LogP contribution in [0.1, 0.15) is 11.1 Å². The molecule has 0 saturated heterocycles. The van der Waals surface area contributed by atoms with Gasteiger partial charge in [-0.15, -0.1) is 10.2 Å². The molecule has 1 heterocycles. The van der Waals surface area contributed by atoms with E-state index in [1.165, 1.54) is 11.9 Å². The fraction of sp³-hybridized carbons (Fsp3) is 0.286. The Bertz CT molecular complexity index is 954. The molecule has 1 N–H and O–H groups in total. The van der Waals surface area contributed by atoms with Crippen LogP contribution in [0.5, 0.6) is 0 Å². The number of aryl methyl sites for hydroxylation is 1. The number of carbonyl (C=O) groups excluding carboxylic acids is 2. The number of amides is 1. The van der Waals surface area contributed by atoms with Crippen LogP contribution in [0.4, 0.5) is 0 Å². The summed E-state index contributed by atoms with van der Waals surface area (Å²) in [5.74, 6) is -0.698. The van der Waals surface area contributed by atoms with Crippen LogP contribution in [0.15, 0.2) is 54.6 Å². The molecule has 0 bridgehead atoms. The second-order valence-electron chi connectivity index (χ2n) is 6.72. The summed E-state index contributed by atoms with van der Waals surface area (Å²) in [5, 5.41) is 14.9. The number of nitrogens with one attached hydrogen (secondary N) is 1. The van der Waals surface area contributed by atoms with Crippen LogP contribution in [0.25, 0.3) is 11.4 Å². The van der Waals surface area contributed by atoms with E-state index >= 15 is 0 Å². The van der Waals surface area contributed by atoms with E-state index in [1.807, 2.05) is 61.5 Å². The first-order valence-electron chi connectivity index (χ1n) is 9.28. The van der Waals surface area contributed by atoms with Crippen LogP contribution in [0.3, 0.4) is 0 Å². The van der Waals surface area contributed by atoms with E-state index in [1.54, 1.807) is 0 Å². The van der Waals surface area contributed by atoms with Gasteiger partial charge in [-0.2, -0.15) is 4.80 Å². The average Bonchev–Trinajstić information content (AvgIpc) is 3.21. The predicted molar refractivity (Wildman–Crippen MR) is 107 cm³/mol. The number of rotatable bonds is 8. The molecule has 150 valence electrons. The fourth-order valence-electron chi connectivity index (χ4n) is 2.85. The zero-order chi connectivity index (χ0) is 20.6. The first-order valence-corrected chi connectivity index (χ1v) is 9.28. The van der Waals surface area contributed by atoms with E-state index in [0.29, 0.717) is 12.2 Å². The van der Waals surface area contributed by atoms with Gasteiger partial charge in [-0.05, 0) is 24.1 Å². The number of tetrazole rings is 1. The molecule has 29 heavy (non-hydrogen) atoms. The number of hydrogen-bond acceptors (Lipinski definition) is 6. The van der Waals surface area contributed by atoms with E-state index in [0.717, 1.165) is 16.7 Å². The highest BCUT2D eigenvalue weighted by atomic mass is 16.5. The van der Waals surface area contributed by atoms with Gasteiger partial charge in [0, 0.05) is 12.1 Å². The highest BCUT2D eigenvalue weighted by Crippen LogP contribution is 2.12. The summed E-state index contributed by atoms with van der Waals surface area (Å²) in [7, 11) is 1.34. The van der Waals surface area contributed by atoms with Crippen LogP contribution in [-0.4, -0.2) is 45.7 Å². The second-order valence-corrected chi connectivity index (χ2v) is 6.72. The van der Waals surface area contributed by atoms with Crippen molar-refractivity contribution in [1.82, 2.24) is 25.5 Å². The quantitative estimate of drug-likeness (QED) is 0.586. The summed E-state index contributed by atoms with van der Waals surface area (Å²) in [4.78, 5) is 25.6. The molecule has 0 spiro atoms. The van der Waals surface area contributed by atoms with Gasteiger partial charge in [0.25, 0.3) is 0 Å². The minimum Gasteiger partial charge on any atom is -0.469 e. The van der Waals surface area contributed by atoms with Crippen LogP contribution in [0, 0.1) is 12.8 Å². The molecule has 0 radical (unpaired) electrons. The van der Waals surface area contributed by atoms with Gasteiger partial charge in [0.15, 0.2) is 0 Å². The molecule has 0 aliphatic rings. The van der Waals surface area contributed by atoms with Crippen molar-refractivity contribution in [2.24, 2.45) is 5.92 Å². The van der Waals surface area contributed by atoms with E-state index in [4.69, 9.17) is 4.74 Å². The maximum Gasteiger partial charge on any atom is 0.310 e. The number of aromatic nitrogens is 4. The average molecular weight is 393 g/mol. The van der Waals surface area contributed by atoms with Crippen molar-refractivity contribution >= 4 is 11.9 Å². The molecular weight excluding hydrogens is 370 g/mol. The van der Waals surface area contributed by atoms with Gasteiger partial charge in [-0.25, -0.2) is 0 Å². The van der Waals surface area contributed by atoms with Gasteiger partial charge >= 0.3 is 5.97 Å². The SMILES string of the molecule is COC(=O)C(CNC(=O)Cn1nnc(-c2ccccc2)n1)Cc1ccc(C)cc1. The monoisotopic (exact) mass is 393 g/mol. The van der Waals surface area contributed by atoms with Crippen molar-refractivity contribution in [2.75, 3.05) is 13.7 Å². The third-order valence-electron chi connectivity index (χ3n) is 4.45. The third-order valence-corrected chi connectivity index (χ3v) is 4.45. The summed E-state index contributed by atoms with van der Waals surface area (Å²) in [6, 6.07) is 17.3. The van der Waals surface area contributed by atoms with Crippen molar-refractivity contribution in [3.8, 4) is 11.4 Å². The number of esters is 1. The van der Waals surface area contributed by atoms with Crippen molar-refractivity contribution in [1.29, 1.82) is 0 Å². The highest BCUT2D eigenvalue weighted by Gasteiger charge is 2.21. The normalized spacial score (nSPS) is 11.7. The molecule has 8 nitrogen and oxygen atoms in total. The molecule has 8 heteroatoms. The lowest BCUT2D eigenvalue weighted by Gasteiger charge is -2.15. The lowest BCUT2D eigenvalue weighted by molar-refractivity contribution is -0.145. The highest BCUT2D eigenvalue weighted by molar-refractivity contribution is 5.77. The maximum absolute atomic E-state index is 12.3. The topological polar surface area (TPSA) is 99.0 Å². The summed E-state index contributed by atoms with van der Waals surface area (Å²) in [5.41, 5.74) is 2.97. The van der Waals surface area contributed by atoms with Crippen molar-refractivity contribution in [2.45, 2.75) is 19.9 Å². The Morgan fingerprint density at radius 2 is 1.83 bits per heavy atom. The molecule has 0 aliphatic carbocycles. The molecule has 1 aromatic heterocycles. The number of ether oxygens (including phenoxy) is 1. The van der Waals surface area contributed by atoms with E-state index in [-0.39, 0.29) is 25.0 Å². The lowest BCUT2D eigenvalue weighted by atomic mass is 9.98. The fourth-order valence-corrected chi connectivity index (χ4v) is 2.85. The second kappa shape index (κ2) is 9.59. The van der Waals surface area contributed by atoms with Gasteiger partial charge in [0.1, 0.15) is 6.54 Å². The molecule has 1 unspecified atom stereocenters. The minimum absolute atomic E-state index is 0.0851. The van der Waals surface area contributed by atoms with Crippen LogP contribution >= 0.6 is 0 Å². The van der Waals surface area contributed by atoms with Crippen molar-refractivity contribution < 1.29 is 14.3 Å². The van der Waals surface area contributed by atoms with Crippen LogP contribution < -0.4 is 5.32 Å². The summed E-state index contributed by atoms with van der Waals surface area (Å²) >= 11 is 0. The predicted octanol–water partition coefficient (Wildman–Crippen LogP) is 1.80. The number of benzene rings is 2. The Hall–Kier alpha value is -3.55. The van der Waals surface area contributed by atoms with Gasteiger partial charge in [-0.1, -0.05) is 60.2 Å². The summed E-state index contributed by atoms with van der Waals surface area (Å²) in [6.45, 7) is 2.08. The van der Waals surface area contributed by atoms with E-state index in [2.05, 4.69) is 20.7 Å². The summed E-state index contributed by atoms with van der Waals surface area (Å²) < 4.78 is 4.88. The molecule has 1 amide bonds. The number of nitrogens with zero attached hydrogens (tertiary/aromatic N) is 4. The largest absolute Gasteiger partial charge is 0.469 e. The zero-order valence-corrected chi connectivity index (χ0v) is 16.4. The molecule has 3 aromatic rings. The smallest absolute Gasteiger partial charge is 0.310 e. The standard InChI is InChI=1S/C21H23N5O3/c1-15-8-10-16(11-9-15)12-18(21(28)29-2)13-22-19(27)14-26-24-20(23-25-26)17-6-4-3-5-7-17/h3-11,18H,12-14H2,1-2H3,(H,22,27). The molecule has 0 fully saturated rings. The van der Waals surface area contributed by atoms with Crippen LogP contribution in [-0.2, 0) is 27.3 Å². The molecule has 3 rings (SSSR count). The Balaban J connectivity index is 1.56. The van der Waals surface area contributed by atoms with Gasteiger partial charge < -0.3 is 10.1 Å². The first-order chi connectivity index (χ1) is 14.0. The molecule has 0 aliphatic heterocycles. The Kier molecular flexibility index (Phi) is 6.67. The maximum atomic E-state index is 12.3. The van der Waals surface area contributed by atoms with Gasteiger partial charge in [0.05, 0.1) is 13.0 Å². The number of methoxy groups -OCH3 is 1. The van der Waals surface area contributed by atoms with Gasteiger partial charge in [-0.3, -0.25) is 9.59 Å². The third kappa shape index (κ3) is 5.71. The summed E-state index contributed by atoms with van der Waals surface area (Å²) in [6.07, 6.45) is 0.479. The number of carbonyl (C=O) groups is 2. The minimum atomic E-state index is -0.477. The van der Waals surface area contributed by atoms with Crippen molar-refractivity contribution in [3.05, 3.63) is 65.7 Å². The van der Waals surface area contributed by atoms with E-state index < -0.39 is 5.92 Å². The molecule has 0 saturated carbocycles. The van der Waals surface area contributed by atoms with Crippen molar-refractivity contribution in [3.63, 3.8) is 0 Å². The lowest BCUT2D eigenvalue weighted by Crippen LogP contribution is -2.36. The molecule has 1 atom stereocenters. The molecular formula is C21H23N5O3. The number of hydrogen-bond donors (Lipinski definition) is 1. The van der Waals surface area contributed by atoms with Crippen LogP contribution in [0.2, 0.25) is 0 Å².